The number of hydrogen-bond donors (Lipinski definition) is 2. The summed E-state index contributed by atoms with van der Waals surface area (Å²) in [5.41, 5.74) is 7.08. The molecule has 0 bridgehead atoms. The summed E-state index contributed by atoms with van der Waals surface area (Å²) in [6.07, 6.45) is 1.61. The van der Waals surface area contributed by atoms with Gasteiger partial charge in [-0.15, -0.1) is 0 Å². The van der Waals surface area contributed by atoms with Crippen LogP contribution in [0.4, 0.5) is 5.69 Å². The van der Waals surface area contributed by atoms with E-state index >= 15 is 0 Å². The number of aromatic nitrogens is 3. The van der Waals surface area contributed by atoms with Crippen LogP contribution in [0, 0.1) is 5.92 Å². The molecule has 0 saturated heterocycles. The molecule has 6 heteroatoms. The van der Waals surface area contributed by atoms with Gasteiger partial charge in [0.1, 0.15) is 11.6 Å². The number of hydrazone groups is 1. The van der Waals surface area contributed by atoms with E-state index in [0.29, 0.717) is 11.7 Å². The molecule has 0 saturated carbocycles. The first-order valence-corrected chi connectivity index (χ1v) is 8.98. The first-order chi connectivity index (χ1) is 13.1. The number of ether oxygens (including phenoxy) is 1. The fourth-order valence-corrected chi connectivity index (χ4v) is 2.98. The second kappa shape index (κ2) is 8.49. The Bertz CT molecular complexity index is 916. The van der Waals surface area contributed by atoms with Gasteiger partial charge in [-0.2, -0.15) is 10.2 Å². The molecule has 2 N–H and O–H groups in total. The maximum atomic E-state index is 5.33. The quantitative estimate of drug-likeness (QED) is 0.462. The summed E-state index contributed by atoms with van der Waals surface area (Å²) >= 11 is 0. The van der Waals surface area contributed by atoms with Crippen LogP contribution in [0.3, 0.4) is 0 Å². The van der Waals surface area contributed by atoms with Gasteiger partial charge in [-0.25, -0.2) is 4.98 Å². The van der Waals surface area contributed by atoms with Gasteiger partial charge in [0.05, 0.1) is 12.8 Å². The molecular weight excluding hydrogens is 338 g/mol. The maximum Gasteiger partial charge on any atom is 0.181 e. The van der Waals surface area contributed by atoms with E-state index in [-0.39, 0.29) is 0 Å². The van der Waals surface area contributed by atoms with Gasteiger partial charge in [-0.3, -0.25) is 10.5 Å². The lowest BCUT2D eigenvalue weighted by molar-refractivity contribution is 0.414. The highest BCUT2D eigenvalue weighted by atomic mass is 16.5. The van der Waals surface area contributed by atoms with Crippen LogP contribution in [0.2, 0.25) is 0 Å². The van der Waals surface area contributed by atoms with Gasteiger partial charge in [0.25, 0.3) is 0 Å². The zero-order valence-corrected chi connectivity index (χ0v) is 16.0. The number of methoxy groups -OCH3 is 1. The molecule has 0 spiro atoms. The van der Waals surface area contributed by atoms with Crippen LogP contribution in [-0.2, 0) is 12.8 Å². The van der Waals surface area contributed by atoms with Crippen molar-refractivity contribution in [2.75, 3.05) is 12.5 Å². The van der Waals surface area contributed by atoms with Gasteiger partial charge in [-0.1, -0.05) is 26.0 Å². The van der Waals surface area contributed by atoms with Crippen LogP contribution in [-0.4, -0.2) is 29.0 Å². The van der Waals surface area contributed by atoms with Crippen LogP contribution < -0.4 is 10.2 Å². The average Bonchev–Trinajstić information content (AvgIpc) is 3.11. The van der Waals surface area contributed by atoms with E-state index in [0.717, 1.165) is 46.8 Å². The smallest absolute Gasteiger partial charge is 0.181 e. The van der Waals surface area contributed by atoms with Crippen molar-refractivity contribution >= 4 is 12.4 Å². The lowest BCUT2D eigenvalue weighted by Gasteiger charge is -2.11. The predicted octanol–water partition coefficient (Wildman–Crippen LogP) is 4.30. The number of nitrogens with one attached hydrogen (secondary N) is 2. The third-order valence-electron chi connectivity index (χ3n) is 4.22. The van der Waals surface area contributed by atoms with Crippen molar-refractivity contribution in [3.63, 3.8) is 0 Å². The highest BCUT2D eigenvalue weighted by molar-refractivity contribution is 5.64. The Morgan fingerprint density at radius 3 is 2.81 bits per heavy atom. The normalized spacial score (nSPS) is 10.8. The Morgan fingerprint density at radius 1 is 1.22 bits per heavy atom. The molecule has 1 aromatic heterocycles. The third kappa shape index (κ3) is 4.73. The van der Waals surface area contributed by atoms with Crippen LogP contribution in [0.25, 0.3) is 11.4 Å². The fraction of sp³-hybridized carbons (Fsp3) is 0.286. The fourth-order valence-electron chi connectivity index (χ4n) is 2.98. The van der Waals surface area contributed by atoms with Gasteiger partial charge in [0.2, 0.25) is 0 Å². The number of aromatic amines is 1. The van der Waals surface area contributed by atoms with E-state index in [1.807, 2.05) is 30.3 Å². The van der Waals surface area contributed by atoms with Crippen LogP contribution in [0.5, 0.6) is 5.75 Å². The Hall–Kier alpha value is -3.15. The number of nitrogens with zero attached hydrogens (tertiary/aromatic N) is 3. The van der Waals surface area contributed by atoms with Crippen molar-refractivity contribution in [2.24, 2.45) is 11.0 Å². The standard InChI is InChI=1S/C21H25N5O/c1-14(2)10-20-23-21(26-25-20)16-8-9-19(24-22-3)17(13-16)11-15-6-5-7-18(12-15)27-4/h5-9,12-14,24H,3,10-11H2,1-2,4H3,(H,23,25,26). The molecule has 27 heavy (non-hydrogen) atoms. The molecule has 3 aromatic rings. The van der Waals surface area contributed by atoms with Crippen molar-refractivity contribution < 1.29 is 4.74 Å². The summed E-state index contributed by atoms with van der Waals surface area (Å²) in [4.78, 5) is 4.63. The number of anilines is 1. The number of H-pyrrole nitrogens is 1. The van der Waals surface area contributed by atoms with Crippen molar-refractivity contribution in [1.29, 1.82) is 0 Å². The number of rotatable bonds is 8. The minimum absolute atomic E-state index is 0.527. The molecule has 0 aliphatic heterocycles. The molecule has 3 rings (SSSR count). The Kier molecular flexibility index (Phi) is 5.86. The molecule has 0 aliphatic rings. The lowest BCUT2D eigenvalue weighted by atomic mass is 10.0. The molecule has 140 valence electrons. The van der Waals surface area contributed by atoms with Crippen molar-refractivity contribution in [3.05, 3.63) is 59.4 Å². The SMILES string of the molecule is C=NNc1ccc(-c2n[nH]c(CC(C)C)n2)cc1Cc1cccc(OC)c1. The first-order valence-electron chi connectivity index (χ1n) is 8.98. The molecule has 6 nitrogen and oxygen atoms in total. The predicted molar refractivity (Wildman–Crippen MR) is 109 cm³/mol. The second-order valence-corrected chi connectivity index (χ2v) is 6.87. The lowest BCUT2D eigenvalue weighted by Crippen LogP contribution is -1.98. The second-order valence-electron chi connectivity index (χ2n) is 6.87. The van der Waals surface area contributed by atoms with E-state index < -0.39 is 0 Å². The van der Waals surface area contributed by atoms with E-state index in [9.17, 15) is 0 Å². The van der Waals surface area contributed by atoms with E-state index in [2.05, 4.69) is 58.4 Å². The van der Waals surface area contributed by atoms with Crippen LogP contribution >= 0.6 is 0 Å². The average molecular weight is 363 g/mol. The van der Waals surface area contributed by atoms with Gasteiger partial charge >= 0.3 is 0 Å². The van der Waals surface area contributed by atoms with Gasteiger partial charge < -0.3 is 4.74 Å². The van der Waals surface area contributed by atoms with E-state index in [1.165, 1.54) is 0 Å². The summed E-state index contributed by atoms with van der Waals surface area (Å²) in [7, 11) is 1.67. The van der Waals surface area contributed by atoms with Gasteiger partial charge in [-0.05, 0) is 53.8 Å². The van der Waals surface area contributed by atoms with E-state index in [4.69, 9.17) is 4.74 Å². The molecule has 1 heterocycles. The van der Waals surface area contributed by atoms with Gasteiger partial charge in [0, 0.05) is 18.7 Å². The Balaban J connectivity index is 1.92. The molecule has 2 aromatic carbocycles. The maximum absolute atomic E-state index is 5.33. The zero-order valence-electron chi connectivity index (χ0n) is 16.0. The van der Waals surface area contributed by atoms with Crippen molar-refractivity contribution in [1.82, 2.24) is 15.2 Å². The van der Waals surface area contributed by atoms with Gasteiger partial charge in [0.15, 0.2) is 5.82 Å². The molecule has 0 atom stereocenters. The minimum atomic E-state index is 0.527. The summed E-state index contributed by atoms with van der Waals surface area (Å²) < 4.78 is 5.33. The highest BCUT2D eigenvalue weighted by Gasteiger charge is 2.11. The molecule has 0 radical (unpaired) electrons. The third-order valence-corrected chi connectivity index (χ3v) is 4.22. The van der Waals surface area contributed by atoms with Crippen LogP contribution in [0.15, 0.2) is 47.6 Å². The Morgan fingerprint density at radius 2 is 2.07 bits per heavy atom. The van der Waals surface area contributed by atoms with Crippen LogP contribution in [0.1, 0.15) is 30.8 Å². The first kappa shape index (κ1) is 18.6. The summed E-state index contributed by atoms with van der Waals surface area (Å²) in [5.74, 6) is 2.98. The largest absolute Gasteiger partial charge is 0.497 e. The molecule has 0 unspecified atom stereocenters. The number of hydrogen-bond acceptors (Lipinski definition) is 5. The number of benzene rings is 2. The summed E-state index contributed by atoms with van der Waals surface area (Å²) in [6, 6.07) is 14.1. The van der Waals surface area contributed by atoms with Crippen molar-refractivity contribution in [3.8, 4) is 17.1 Å². The highest BCUT2D eigenvalue weighted by Crippen LogP contribution is 2.27. The molecular formula is C21H25N5O. The molecule has 0 aliphatic carbocycles. The van der Waals surface area contributed by atoms with E-state index in [1.54, 1.807) is 7.11 Å². The summed E-state index contributed by atoms with van der Waals surface area (Å²) in [6.45, 7) is 7.86. The molecule has 0 fully saturated rings. The monoisotopic (exact) mass is 363 g/mol. The minimum Gasteiger partial charge on any atom is -0.497 e. The Labute approximate surface area is 159 Å². The molecule has 0 amide bonds. The zero-order chi connectivity index (χ0) is 19.2. The summed E-state index contributed by atoms with van der Waals surface area (Å²) in [5, 5.41) is 11.2. The van der Waals surface area contributed by atoms with Crippen molar-refractivity contribution in [2.45, 2.75) is 26.7 Å². The topological polar surface area (TPSA) is 75.2 Å².